The number of benzene rings is 2. The van der Waals surface area contributed by atoms with Gasteiger partial charge < -0.3 is 4.74 Å². The maximum Gasteiger partial charge on any atom is 0.338 e. The summed E-state index contributed by atoms with van der Waals surface area (Å²) in [6, 6.07) is 17.0. The van der Waals surface area contributed by atoms with Gasteiger partial charge in [-0.1, -0.05) is 71.5 Å². The van der Waals surface area contributed by atoms with Crippen molar-refractivity contribution < 1.29 is 9.53 Å². The second-order valence-electron chi connectivity index (χ2n) is 7.12. The molecule has 152 valence electrons. The van der Waals surface area contributed by atoms with Gasteiger partial charge in [0.1, 0.15) is 0 Å². The smallest absolute Gasteiger partial charge is 0.338 e. The molecule has 0 saturated carbocycles. The minimum absolute atomic E-state index is 0.164. The fourth-order valence-electron chi connectivity index (χ4n) is 3.56. The minimum Gasteiger partial charge on any atom is -0.463 e. The zero-order chi connectivity index (χ0) is 21.3. The standard InChI is InChI=1S/C24H22N2O3S/c1-4-29-23(28)20-16(3)25-24-26(21(20)18-12-10-15(2)11-13-18)22(27)19(30-24)14-17-8-6-5-7-9-17/h5-14,21H,4H2,1-3H3. The Kier molecular flexibility index (Phi) is 5.50. The van der Waals surface area contributed by atoms with Crippen molar-refractivity contribution in [2.24, 2.45) is 4.99 Å². The van der Waals surface area contributed by atoms with Crippen molar-refractivity contribution in [3.8, 4) is 0 Å². The lowest BCUT2D eigenvalue weighted by molar-refractivity contribution is -0.139. The number of rotatable bonds is 4. The van der Waals surface area contributed by atoms with E-state index >= 15 is 0 Å². The molecule has 0 radical (unpaired) electrons. The number of hydrogen-bond donors (Lipinski definition) is 0. The molecule has 0 aliphatic carbocycles. The van der Waals surface area contributed by atoms with E-state index in [0.29, 0.717) is 20.6 Å². The van der Waals surface area contributed by atoms with E-state index in [-0.39, 0.29) is 12.2 Å². The summed E-state index contributed by atoms with van der Waals surface area (Å²) in [5, 5.41) is 0. The third kappa shape index (κ3) is 3.66. The summed E-state index contributed by atoms with van der Waals surface area (Å²) in [4.78, 5) is 31.4. The van der Waals surface area contributed by atoms with E-state index in [0.717, 1.165) is 16.7 Å². The molecule has 5 nitrogen and oxygen atoms in total. The molecule has 4 rings (SSSR count). The van der Waals surface area contributed by atoms with Crippen LogP contribution in [0.5, 0.6) is 0 Å². The van der Waals surface area contributed by atoms with Crippen LogP contribution in [-0.4, -0.2) is 17.1 Å². The summed E-state index contributed by atoms with van der Waals surface area (Å²) < 4.78 is 7.50. The van der Waals surface area contributed by atoms with Gasteiger partial charge in [0.15, 0.2) is 4.80 Å². The van der Waals surface area contributed by atoms with Crippen molar-refractivity contribution >= 4 is 23.4 Å². The van der Waals surface area contributed by atoms with Crippen LogP contribution in [0.2, 0.25) is 0 Å². The molecule has 2 aromatic carbocycles. The Morgan fingerprint density at radius 2 is 1.83 bits per heavy atom. The first kappa shape index (κ1) is 20.0. The number of carbonyl (C=O) groups is 1. The number of aromatic nitrogens is 1. The number of fused-ring (bicyclic) bond motifs is 1. The van der Waals surface area contributed by atoms with Crippen LogP contribution >= 0.6 is 11.3 Å². The first-order valence-corrected chi connectivity index (χ1v) is 10.6. The molecule has 2 heterocycles. The maximum atomic E-state index is 13.4. The van der Waals surface area contributed by atoms with Crippen LogP contribution in [0.1, 0.15) is 36.6 Å². The van der Waals surface area contributed by atoms with E-state index in [1.807, 2.05) is 67.6 Å². The second-order valence-corrected chi connectivity index (χ2v) is 8.13. The number of carbonyl (C=O) groups excluding carboxylic acids is 1. The van der Waals surface area contributed by atoms with Gasteiger partial charge in [0.25, 0.3) is 5.56 Å². The average Bonchev–Trinajstić information content (AvgIpc) is 3.03. The van der Waals surface area contributed by atoms with Gasteiger partial charge in [0, 0.05) is 0 Å². The highest BCUT2D eigenvalue weighted by molar-refractivity contribution is 7.07. The third-order valence-corrected chi connectivity index (χ3v) is 5.99. The molecule has 0 bridgehead atoms. The molecule has 1 aromatic heterocycles. The Hall–Kier alpha value is -3.25. The van der Waals surface area contributed by atoms with Crippen molar-refractivity contribution in [3.05, 3.63) is 102 Å². The molecule has 0 amide bonds. The lowest BCUT2D eigenvalue weighted by Crippen LogP contribution is -2.39. The molecule has 0 saturated heterocycles. The predicted molar refractivity (Wildman–Crippen MR) is 118 cm³/mol. The van der Waals surface area contributed by atoms with Gasteiger partial charge in [-0.3, -0.25) is 9.36 Å². The van der Waals surface area contributed by atoms with Crippen LogP contribution in [0, 0.1) is 6.92 Å². The van der Waals surface area contributed by atoms with Gasteiger partial charge in [-0.05, 0) is 38.0 Å². The summed E-state index contributed by atoms with van der Waals surface area (Å²) in [7, 11) is 0. The van der Waals surface area contributed by atoms with Crippen LogP contribution in [0.3, 0.4) is 0 Å². The summed E-state index contributed by atoms with van der Waals surface area (Å²) in [6.45, 7) is 5.82. The predicted octanol–water partition coefficient (Wildman–Crippen LogP) is 3.11. The second kappa shape index (κ2) is 8.24. The van der Waals surface area contributed by atoms with Gasteiger partial charge in [0.2, 0.25) is 0 Å². The molecule has 6 heteroatoms. The molecule has 3 aromatic rings. The highest BCUT2D eigenvalue weighted by atomic mass is 32.1. The molecule has 1 unspecified atom stereocenters. The number of thiazole rings is 1. The molecule has 0 N–H and O–H groups in total. The summed E-state index contributed by atoms with van der Waals surface area (Å²) in [5.41, 5.74) is 3.71. The van der Waals surface area contributed by atoms with Gasteiger partial charge >= 0.3 is 5.97 Å². The fraction of sp³-hybridized carbons (Fsp3) is 0.208. The summed E-state index contributed by atoms with van der Waals surface area (Å²) >= 11 is 1.33. The first-order chi connectivity index (χ1) is 14.5. The highest BCUT2D eigenvalue weighted by Crippen LogP contribution is 2.30. The number of allylic oxidation sites excluding steroid dienone is 1. The molecule has 1 aliphatic heterocycles. The van der Waals surface area contributed by atoms with E-state index in [2.05, 4.69) is 4.99 Å². The molecule has 0 fully saturated rings. The third-order valence-electron chi connectivity index (χ3n) is 5.01. The lowest BCUT2D eigenvalue weighted by atomic mass is 9.95. The Bertz CT molecular complexity index is 1300. The van der Waals surface area contributed by atoms with Crippen molar-refractivity contribution in [2.45, 2.75) is 26.8 Å². The van der Waals surface area contributed by atoms with Gasteiger partial charge in [-0.15, -0.1) is 0 Å². The van der Waals surface area contributed by atoms with E-state index < -0.39 is 12.0 Å². The SMILES string of the molecule is CCOC(=O)C1=C(C)N=c2sc(=Cc3ccccc3)c(=O)n2C1c1ccc(C)cc1. The number of nitrogens with zero attached hydrogens (tertiary/aromatic N) is 2. The fourth-order valence-corrected chi connectivity index (χ4v) is 4.60. The van der Waals surface area contributed by atoms with Crippen LogP contribution < -0.4 is 14.9 Å². The Balaban J connectivity index is 1.96. The number of hydrogen-bond acceptors (Lipinski definition) is 5. The Morgan fingerprint density at radius 1 is 1.13 bits per heavy atom. The zero-order valence-corrected chi connectivity index (χ0v) is 17.9. The van der Waals surface area contributed by atoms with Crippen molar-refractivity contribution in [1.82, 2.24) is 4.57 Å². The topological polar surface area (TPSA) is 60.7 Å². The van der Waals surface area contributed by atoms with Crippen molar-refractivity contribution in [1.29, 1.82) is 0 Å². The van der Waals surface area contributed by atoms with Gasteiger partial charge in [0.05, 0.1) is 28.5 Å². The normalized spacial score (nSPS) is 16.2. The molecule has 1 atom stereocenters. The van der Waals surface area contributed by atoms with Crippen molar-refractivity contribution in [2.75, 3.05) is 6.61 Å². The summed E-state index contributed by atoms with van der Waals surface area (Å²) in [6.07, 6.45) is 1.86. The van der Waals surface area contributed by atoms with E-state index in [9.17, 15) is 9.59 Å². The van der Waals surface area contributed by atoms with Crippen LogP contribution in [0.4, 0.5) is 0 Å². The number of aryl methyl sites for hydroxylation is 1. The van der Waals surface area contributed by atoms with Crippen LogP contribution in [-0.2, 0) is 9.53 Å². The van der Waals surface area contributed by atoms with Crippen LogP contribution in [0.15, 0.2) is 75.7 Å². The average molecular weight is 419 g/mol. The van der Waals surface area contributed by atoms with Crippen molar-refractivity contribution in [3.63, 3.8) is 0 Å². The Morgan fingerprint density at radius 3 is 2.50 bits per heavy atom. The minimum atomic E-state index is -0.571. The van der Waals surface area contributed by atoms with Gasteiger partial charge in [-0.25, -0.2) is 9.79 Å². The number of esters is 1. The van der Waals surface area contributed by atoms with E-state index in [1.54, 1.807) is 18.4 Å². The molecular formula is C24H22N2O3S. The molecular weight excluding hydrogens is 396 g/mol. The summed E-state index contributed by atoms with van der Waals surface area (Å²) in [5.74, 6) is -0.443. The lowest BCUT2D eigenvalue weighted by Gasteiger charge is -2.24. The molecule has 1 aliphatic rings. The molecule has 0 spiro atoms. The molecule has 30 heavy (non-hydrogen) atoms. The largest absolute Gasteiger partial charge is 0.463 e. The van der Waals surface area contributed by atoms with E-state index in [4.69, 9.17) is 4.74 Å². The number of ether oxygens (including phenoxy) is 1. The maximum absolute atomic E-state index is 13.4. The van der Waals surface area contributed by atoms with Gasteiger partial charge in [-0.2, -0.15) is 0 Å². The highest BCUT2D eigenvalue weighted by Gasteiger charge is 2.33. The van der Waals surface area contributed by atoms with Crippen LogP contribution in [0.25, 0.3) is 6.08 Å². The quantitative estimate of drug-likeness (QED) is 0.612. The van der Waals surface area contributed by atoms with E-state index in [1.165, 1.54) is 11.3 Å². The Labute approximate surface area is 178 Å². The monoisotopic (exact) mass is 418 g/mol. The first-order valence-electron chi connectivity index (χ1n) is 9.81. The zero-order valence-electron chi connectivity index (χ0n) is 17.1.